The molecule has 0 radical (unpaired) electrons. The zero-order chi connectivity index (χ0) is 24.4. The predicted molar refractivity (Wildman–Crippen MR) is 150 cm³/mol. The van der Waals surface area contributed by atoms with Crippen molar-refractivity contribution < 1.29 is 9.09 Å². The van der Waals surface area contributed by atoms with Crippen LogP contribution in [0.2, 0.25) is 0 Å². The maximum absolute atomic E-state index is 15.0. The second-order valence-corrected chi connectivity index (χ2v) is 11.7. The van der Waals surface area contributed by atoms with Gasteiger partial charge in [0, 0.05) is 22.0 Å². The van der Waals surface area contributed by atoms with Crippen molar-refractivity contribution in [2.75, 3.05) is 0 Å². The summed E-state index contributed by atoms with van der Waals surface area (Å²) in [6, 6.07) is 36.8. The Hall–Kier alpha value is -4.07. The van der Waals surface area contributed by atoms with E-state index in [2.05, 4.69) is 73.0 Å². The van der Waals surface area contributed by atoms with Gasteiger partial charge in [0.2, 0.25) is 0 Å². The molecule has 5 aromatic carbocycles. The van der Waals surface area contributed by atoms with E-state index in [9.17, 15) is 0 Å². The molecular weight excluding hydrogens is 461 g/mol. The normalized spacial score (nSPS) is 16.5. The van der Waals surface area contributed by atoms with E-state index in [1.54, 1.807) is 0 Å². The van der Waals surface area contributed by atoms with Crippen molar-refractivity contribution >= 4 is 39.8 Å². The fraction of sp³-hybridized carbons (Fsp3) is 0.0625. The molecular formula is C32H24NO2P. The Bertz CT molecular complexity index is 1870. The number of aryl methyl sites for hydroxylation is 2. The van der Waals surface area contributed by atoms with Crippen molar-refractivity contribution in [3.8, 4) is 22.6 Å². The van der Waals surface area contributed by atoms with E-state index in [0.717, 1.165) is 60.4 Å². The van der Waals surface area contributed by atoms with Crippen LogP contribution in [0.5, 0.6) is 5.75 Å². The van der Waals surface area contributed by atoms with Crippen LogP contribution in [0, 0.1) is 13.8 Å². The van der Waals surface area contributed by atoms with Crippen LogP contribution in [0.3, 0.4) is 0 Å². The SMILES string of the molecule is Cc1c(P2(=O)Oc3ccccc3-c3ccccc32)cc(C)c2c1c1ccccc1n2-c1ccccc1. The molecule has 1 aliphatic rings. The average Bonchev–Trinajstić information content (AvgIpc) is 3.28. The zero-order valence-corrected chi connectivity index (χ0v) is 21.0. The smallest absolute Gasteiger partial charge is 0.307 e. The summed E-state index contributed by atoms with van der Waals surface area (Å²) in [7, 11) is -3.41. The first-order valence-electron chi connectivity index (χ1n) is 12.2. The molecule has 1 aliphatic heterocycles. The highest BCUT2D eigenvalue weighted by Crippen LogP contribution is 2.55. The van der Waals surface area contributed by atoms with Crippen LogP contribution in [0.4, 0.5) is 0 Å². The van der Waals surface area contributed by atoms with Crippen molar-refractivity contribution in [3.05, 3.63) is 120 Å². The Labute approximate surface area is 210 Å². The van der Waals surface area contributed by atoms with E-state index in [1.165, 1.54) is 0 Å². The lowest BCUT2D eigenvalue weighted by Crippen LogP contribution is -2.27. The molecule has 0 N–H and O–H groups in total. The van der Waals surface area contributed by atoms with Crippen LogP contribution < -0.4 is 15.1 Å². The summed E-state index contributed by atoms with van der Waals surface area (Å²) in [6.45, 7) is 4.20. The van der Waals surface area contributed by atoms with Gasteiger partial charge in [-0.05, 0) is 66.9 Å². The van der Waals surface area contributed by atoms with E-state index in [1.807, 2.05) is 54.6 Å². The Kier molecular flexibility index (Phi) is 4.55. The van der Waals surface area contributed by atoms with Crippen molar-refractivity contribution in [1.29, 1.82) is 0 Å². The van der Waals surface area contributed by atoms with Gasteiger partial charge in [0.15, 0.2) is 0 Å². The summed E-state index contributed by atoms with van der Waals surface area (Å²) in [5, 5.41) is 3.80. The minimum Gasteiger partial charge on any atom is -0.436 e. The quantitative estimate of drug-likeness (QED) is 0.236. The number of para-hydroxylation sites is 3. The molecule has 7 rings (SSSR count). The Balaban J connectivity index is 1.58. The van der Waals surface area contributed by atoms with Crippen LogP contribution in [-0.4, -0.2) is 4.57 Å². The maximum atomic E-state index is 15.0. The maximum Gasteiger partial charge on any atom is 0.307 e. The Morgan fingerprint density at radius 3 is 2.19 bits per heavy atom. The van der Waals surface area contributed by atoms with Gasteiger partial charge < -0.3 is 9.09 Å². The summed E-state index contributed by atoms with van der Waals surface area (Å²) in [5.41, 5.74) is 7.41. The molecule has 36 heavy (non-hydrogen) atoms. The molecule has 1 aromatic heterocycles. The first-order valence-corrected chi connectivity index (χ1v) is 13.8. The van der Waals surface area contributed by atoms with Gasteiger partial charge in [0.05, 0.1) is 21.6 Å². The van der Waals surface area contributed by atoms with Gasteiger partial charge >= 0.3 is 7.37 Å². The molecule has 0 aliphatic carbocycles. The van der Waals surface area contributed by atoms with Crippen molar-refractivity contribution in [2.45, 2.75) is 13.8 Å². The zero-order valence-electron chi connectivity index (χ0n) is 20.1. The molecule has 1 unspecified atom stereocenters. The van der Waals surface area contributed by atoms with Gasteiger partial charge in [-0.2, -0.15) is 0 Å². The summed E-state index contributed by atoms with van der Waals surface area (Å²) in [5.74, 6) is 0.670. The highest BCUT2D eigenvalue weighted by Gasteiger charge is 2.39. The Morgan fingerprint density at radius 1 is 0.694 bits per heavy atom. The molecule has 0 spiro atoms. The number of aromatic nitrogens is 1. The van der Waals surface area contributed by atoms with Crippen LogP contribution in [0.25, 0.3) is 38.6 Å². The van der Waals surface area contributed by atoms with E-state index in [0.29, 0.717) is 5.75 Å². The van der Waals surface area contributed by atoms with Gasteiger partial charge in [-0.15, -0.1) is 0 Å². The third kappa shape index (κ3) is 2.84. The van der Waals surface area contributed by atoms with Gasteiger partial charge in [-0.1, -0.05) is 72.8 Å². The van der Waals surface area contributed by atoms with Crippen molar-refractivity contribution in [1.82, 2.24) is 4.57 Å². The first kappa shape index (κ1) is 21.2. The number of hydrogen-bond donors (Lipinski definition) is 0. The summed E-state index contributed by atoms with van der Waals surface area (Å²) >= 11 is 0. The lowest BCUT2D eigenvalue weighted by atomic mass is 10.0. The highest BCUT2D eigenvalue weighted by molar-refractivity contribution is 7.75. The molecule has 0 saturated carbocycles. The first-order chi connectivity index (χ1) is 17.6. The molecule has 0 fully saturated rings. The third-order valence-corrected chi connectivity index (χ3v) is 9.89. The fourth-order valence-corrected chi connectivity index (χ4v) is 8.35. The summed E-state index contributed by atoms with van der Waals surface area (Å²) in [4.78, 5) is 0. The minimum atomic E-state index is -3.41. The molecule has 6 aromatic rings. The molecule has 2 heterocycles. The monoisotopic (exact) mass is 485 g/mol. The number of benzene rings is 5. The molecule has 1 atom stereocenters. The lowest BCUT2D eigenvalue weighted by molar-refractivity contribution is 0.501. The number of hydrogen-bond acceptors (Lipinski definition) is 2. The van der Waals surface area contributed by atoms with E-state index in [4.69, 9.17) is 4.52 Å². The second-order valence-electron chi connectivity index (χ2n) is 9.41. The molecule has 3 nitrogen and oxygen atoms in total. The summed E-state index contributed by atoms with van der Waals surface area (Å²) in [6.07, 6.45) is 0. The Morgan fingerprint density at radius 2 is 1.36 bits per heavy atom. The van der Waals surface area contributed by atoms with Crippen LogP contribution >= 0.6 is 7.37 Å². The number of fused-ring (bicyclic) bond motifs is 6. The van der Waals surface area contributed by atoms with E-state index >= 15 is 4.57 Å². The molecule has 4 heteroatoms. The molecule has 0 bridgehead atoms. The van der Waals surface area contributed by atoms with Crippen molar-refractivity contribution in [2.24, 2.45) is 0 Å². The minimum absolute atomic E-state index is 0.670. The van der Waals surface area contributed by atoms with Crippen molar-refractivity contribution in [3.63, 3.8) is 0 Å². The molecule has 0 saturated heterocycles. The van der Waals surface area contributed by atoms with Crippen LogP contribution in [0.1, 0.15) is 11.1 Å². The highest BCUT2D eigenvalue weighted by atomic mass is 31.2. The van der Waals surface area contributed by atoms with E-state index in [-0.39, 0.29) is 0 Å². The van der Waals surface area contributed by atoms with Gasteiger partial charge in [0.25, 0.3) is 0 Å². The summed E-state index contributed by atoms with van der Waals surface area (Å²) < 4.78 is 23.8. The number of rotatable bonds is 2. The van der Waals surface area contributed by atoms with Gasteiger partial charge in [0.1, 0.15) is 5.75 Å². The van der Waals surface area contributed by atoms with Crippen LogP contribution in [0.15, 0.2) is 109 Å². The molecule has 0 amide bonds. The second kappa shape index (κ2) is 7.71. The van der Waals surface area contributed by atoms with E-state index < -0.39 is 7.37 Å². The predicted octanol–water partition coefficient (Wildman–Crippen LogP) is 7.69. The average molecular weight is 486 g/mol. The number of nitrogens with zero attached hydrogens (tertiary/aromatic N) is 1. The van der Waals surface area contributed by atoms with Gasteiger partial charge in [-0.3, -0.25) is 4.57 Å². The van der Waals surface area contributed by atoms with Crippen LogP contribution in [-0.2, 0) is 4.57 Å². The van der Waals surface area contributed by atoms with Gasteiger partial charge in [-0.25, -0.2) is 0 Å². The largest absolute Gasteiger partial charge is 0.436 e. The third-order valence-electron chi connectivity index (χ3n) is 7.32. The lowest BCUT2D eigenvalue weighted by Gasteiger charge is -2.30. The fourth-order valence-electron chi connectivity index (χ4n) is 5.75. The topological polar surface area (TPSA) is 31.2 Å². The standard InChI is InChI=1S/C32H24NO2P/c1-21-20-30(36(34)29-19-11-8-15-25(29)24-14-7-10-18-28(24)35-36)22(2)31-26-16-6-9-17-27(26)33(32(21)31)23-12-4-3-5-13-23/h3-20H,1-2H3. The molecule has 174 valence electrons.